The molecule has 1 aromatic rings. The Kier molecular flexibility index (Phi) is 1.87. The first-order valence-electron chi connectivity index (χ1n) is 3.58. The number of hydrogen-bond donors (Lipinski definition) is 3. The summed E-state index contributed by atoms with van der Waals surface area (Å²) in [6.45, 7) is 4.66. The molecule has 0 aliphatic rings. The van der Waals surface area contributed by atoms with Crippen LogP contribution < -0.4 is 11.5 Å². The Morgan fingerprint density at radius 1 is 1.64 bits per heavy atom. The molecule has 4 nitrogen and oxygen atoms in total. The van der Waals surface area contributed by atoms with Gasteiger partial charge in [-0.15, -0.1) is 0 Å². The maximum absolute atomic E-state index is 5.56. The summed E-state index contributed by atoms with van der Waals surface area (Å²) in [6.07, 6.45) is 0. The van der Waals surface area contributed by atoms with Gasteiger partial charge in [-0.05, 0) is 0 Å². The lowest BCUT2D eigenvalue weighted by Gasteiger charge is -2.19. The standard InChI is InChI=1S/C7H14N4/c1-7(2,4-8)5-3-6(9)11-10-5/h3H,4,8H2,1-2H3,(H3,9,10,11). The van der Waals surface area contributed by atoms with Crippen molar-refractivity contribution in [2.45, 2.75) is 19.3 Å². The van der Waals surface area contributed by atoms with Gasteiger partial charge in [0.25, 0.3) is 0 Å². The average Bonchev–Trinajstić information content (AvgIpc) is 2.36. The van der Waals surface area contributed by atoms with E-state index in [1.165, 1.54) is 0 Å². The third-order valence-electron chi connectivity index (χ3n) is 1.84. The normalized spacial score (nSPS) is 11.9. The zero-order valence-electron chi connectivity index (χ0n) is 6.89. The van der Waals surface area contributed by atoms with E-state index in [-0.39, 0.29) is 5.41 Å². The fourth-order valence-corrected chi connectivity index (χ4v) is 0.794. The van der Waals surface area contributed by atoms with Crippen LogP contribution in [0.15, 0.2) is 6.07 Å². The van der Waals surface area contributed by atoms with Crippen molar-refractivity contribution >= 4 is 5.82 Å². The third-order valence-corrected chi connectivity index (χ3v) is 1.84. The molecule has 11 heavy (non-hydrogen) atoms. The highest BCUT2D eigenvalue weighted by atomic mass is 15.2. The number of anilines is 1. The van der Waals surface area contributed by atoms with Crippen molar-refractivity contribution in [2.75, 3.05) is 12.3 Å². The van der Waals surface area contributed by atoms with Crippen molar-refractivity contribution in [3.8, 4) is 0 Å². The fourth-order valence-electron chi connectivity index (χ4n) is 0.794. The van der Waals surface area contributed by atoms with Crippen molar-refractivity contribution < 1.29 is 0 Å². The van der Waals surface area contributed by atoms with E-state index in [2.05, 4.69) is 10.2 Å². The zero-order valence-corrected chi connectivity index (χ0v) is 6.89. The van der Waals surface area contributed by atoms with Gasteiger partial charge in [-0.2, -0.15) is 5.10 Å². The van der Waals surface area contributed by atoms with E-state index in [0.717, 1.165) is 5.69 Å². The van der Waals surface area contributed by atoms with E-state index < -0.39 is 0 Å². The average molecular weight is 154 g/mol. The Labute approximate surface area is 66.0 Å². The summed E-state index contributed by atoms with van der Waals surface area (Å²) in [6, 6.07) is 1.81. The highest BCUT2D eigenvalue weighted by molar-refractivity contribution is 5.31. The molecule has 0 aromatic carbocycles. The minimum atomic E-state index is -0.0649. The maximum atomic E-state index is 5.56. The molecule has 0 atom stereocenters. The van der Waals surface area contributed by atoms with Crippen LogP contribution in [0.2, 0.25) is 0 Å². The third kappa shape index (κ3) is 1.51. The molecule has 0 aliphatic carbocycles. The molecule has 0 aliphatic heterocycles. The van der Waals surface area contributed by atoms with Crippen LogP contribution in [0.3, 0.4) is 0 Å². The minimum Gasteiger partial charge on any atom is -0.382 e. The second-order valence-electron chi connectivity index (χ2n) is 3.29. The summed E-state index contributed by atoms with van der Waals surface area (Å²) in [4.78, 5) is 0. The quantitative estimate of drug-likeness (QED) is 0.570. The van der Waals surface area contributed by atoms with E-state index in [1.54, 1.807) is 0 Å². The zero-order chi connectivity index (χ0) is 8.48. The second kappa shape index (κ2) is 2.54. The Morgan fingerprint density at radius 2 is 2.27 bits per heavy atom. The van der Waals surface area contributed by atoms with Crippen LogP contribution >= 0.6 is 0 Å². The van der Waals surface area contributed by atoms with Crippen molar-refractivity contribution in [2.24, 2.45) is 5.73 Å². The van der Waals surface area contributed by atoms with Crippen molar-refractivity contribution in [3.63, 3.8) is 0 Å². The lowest BCUT2D eigenvalue weighted by molar-refractivity contribution is 0.520. The van der Waals surface area contributed by atoms with Crippen molar-refractivity contribution in [1.82, 2.24) is 10.2 Å². The number of nitrogen functional groups attached to an aromatic ring is 1. The summed E-state index contributed by atoms with van der Waals surface area (Å²) in [5.74, 6) is 0.515. The second-order valence-corrected chi connectivity index (χ2v) is 3.29. The SMILES string of the molecule is CC(C)(CN)c1cc(N)n[nH]1. The predicted molar refractivity (Wildman–Crippen MR) is 45.1 cm³/mol. The number of rotatable bonds is 2. The van der Waals surface area contributed by atoms with Gasteiger partial charge in [-0.25, -0.2) is 0 Å². The topological polar surface area (TPSA) is 80.7 Å². The lowest BCUT2D eigenvalue weighted by atomic mass is 9.90. The molecule has 1 heterocycles. The molecule has 62 valence electrons. The molecule has 0 saturated carbocycles. The van der Waals surface area contributed by atoms with Gasteiger partial charge < -0.3 is 11.5 Å². The summed E-state index contributed by atoms with van der Waals surface area (Å²) in [5, 5.41) is 6.67. The minimum absolute atomic E-state index is 0.0649. The van der Waals surface area contributed by atoms with E-state index in [4.69, 9.17) is 11.5 Å². The smallest absolute Gasteiger partial charge is 0.145 e. The van der Waals surface area contributed by atoms with Gasteiger partial charge in [0.1, 0.15) is 5.82 Å². The van der Waals surface area contributed by atoms with Crippen LogP contribution in [0.4, 0.5) is 5.82 Å². The van der Waals surface area contributed by atoms with Crippen LogP contribution in [0.5, 0.6) is 0 Å². The summed E-state index contributed by atoms with van der Waals surface area (Å²) in [7, 11) is 0. The molecule has 0 unspecified atom stereocenters. The molecule has 0 radical (unpaired) electrons. The number of aromatic amines is 1. The summed E-state index contributed by atoms with van der Waals surface area (Å²) in [5.41, 5.74) is 11.9. The number of nitrogens with zero attached hydrogens (tertiary/aromatic N) is 1. The van der Waals surface area contributed by atoms with E-state index >= 15 is 0 Å². The van der Waals surface area contributed by atoms with Gasteiger partial charge in [0.15, 0.2) is 0 Å². The maximum Gasteiger partial charge on any atom is 0.145 e. The number of hydrogen-bond acceptors (Lipinski definition) is 3. The molecular formula is C7H14N4. The highest BCUT2D eigenvalue weighted by Gasteiger charge is 2.20. The van der Waals surface area contributed by atoms with Gasteiger partial charge in [-0.1, -0.05) is 13.8 Å². The molecule has 0 spiro atoms. The Balaban J connectivity index is 2.92. The summed E-state index contributed by atoms with van der Waals surface area (Å²) >= 11 is 0. The Morgan fingerprint density at radius 3 is 2.64 bits per heavy atom. The van der Waals surface area contributed by atoms with Gasteiger partial charge in [0.2, 0.25) is 0 Å². The van der Waals surface area contributed by atoms with Crippen LogP contribution in [0, 0.1) is 0 Å². The van der Waals surface area contributed by atoms with Crippen LogP contribution in [-0.2, 0) is 5.41 Å². The molecular weight excluding hydrogens is 140 g/mol. The first-order chi connectivity index (χ1) is 5.06. The van der Waals surface area contributed by atoms with Crippen molar-refractivity contribution in [1.29, 1.82) is 0 Å². The van der Waals surface area contributed by atoms with Gasteiger partial charge in [-0.3, -0.25) is 5.10 Å². The fraction of sp³-hybridized carbons (Fsp3) is 0.571. The largest absolute Gasteiger partial charge is 0.382 e. The number of aromatic nitrogens is 2. The molecule has 1 aromatic heterocycles. The Hall–Kier alpha value is -1.03. The van der Waals surface area contributed by atoms with Gasteiger partial charge >= 0.3 is 0 Å². The van der Waals surface area contributed by atoms with Crippen LogP contribution in [-0.4, -0.2) is 16.7 Å². The van der Waals surface area contributed by atoms with Crippen LogP contribution in [0.1, 0.15) is 19.5 Å². The molecule has 0 bridgehead atoms. The highest BCUT2D eigenvalue weighted by Crippen LogP contribution is 2.20. The Bertz CT molecular complexity index is 238. The number of H-pyrrole nitrogens is 1. The monoisotopic (exact) mass is 154 g/mol. The molecule has 1 rings (SSSR count). The summed E-state index contributed by atoms with van der Waals surface area (Å²) < 4.78 is 0. The predicted octanol–water partition coefficient (Wildman–Crippen LogP) is 0.228. The van der Waals surface area contributed by atoms with Crippen LogP contribution in [0.25, 0.3) is 0 Å². The first kappa shape index (κ1) is 8.07. The molecule has 4 heteroatoms. The first-order valence-corrected chi connectivity index (χ1v) is 3.58. The number of nitrogens with one attached hydrogen (secondary N) is 1. The van der Waals surface area contributed by atoms with E-state index in [1.807, 2.05) is 19.9 Å². The van der Waals surface area contributed by atoms with Crippen molar-refractivity contribution in [3.05, 3.63) is 11.8 Å². The molecule has 5 N–H and O–H groups in total. The molecule has 0 saturated heterocycles. The van der Waals surface area contributed by atoms with Gasteiger partial charge in [0.05, 0.1) is 0 Å². The molecule has 0 amide bonds. The van der Waals surface area contributed by atoms with E-state index in [9.17, 15) is 0 Å². The van der Waals surface area contributed by atoms with Gasteiger partial charge in [0, 0.05) is 23.7 Å². The molecule has 0 fully saturated rings. The lowest BCUT2D eigenvalue weighted by Crippen LogP contribution is -2.28. The number of nitrogens with two attached hydrogens (primary N) is 2. The van der Waals surface area contributed by atoms with E-state index in [0.29, 0.717) is 12.4 Å².